The van der Waals surface area contributed by atoms with Crippen LogP contribution in [0.2, 0.25) is 0 Å². The molecule has 5 heteroatoms. The molecule has 0 amide bonds. The molecule has 2 unspecified atom stereocenters. The van der Waals surface area contributed by atoms with Gasteiger partial charge in [0.2, 0.25) is 0 Å². The Morgan fingerprint density at radius 3 is 1.91 bits per heavy atom. The average molecular weight is 461 g/mol. The number of esters is 2. The van der Waals surface area contributed by atoms with Crippen LogP contribution in [0.15, 0.2) is 97.1 Å². The summed E-state index contributed by atoms with van der Waals surface area (Å²) >= 11 is 0. The van der Waals surface area contributed by atoms with Crippen molar-refractivity contribution in [3.05, 3.63) is 103 Å². The molecular weight excluding hydrogens is 431 g/mol. The van der Waals surface area contributed by atoms with Crippen LogP contribution in [0, 0.1) is 5.92 Å². The number of ether oxygens (including phenoxy) is 2. The van der Waals surface area contributed by atoms with Crippen molar-refractivity contribution in [3.8, 4) is 0 Å². The lowest BCUT2D eigenvalue weighted by molar-refractivity contribution is -0.150. The van der Waals surface area contributed by atoms with E-state index in [2.05, 4.69) is 30.8 Å². The highest BCUT2D eigenvalue weighted by molar-refractivity contribution is 7.80. The lowest BCUT2D eigenvalue weighted by Crippen LogP contribution is -2.34. The lowest BCUT2D eigenvalue weighted by atomic mass is 9.99. The number of carbonyl (C=O) groups excluding carboxylic acids is 2. The Bertz CT molecular complexity index is 1060. The molecule has 0 aliphatic heterocycles. The summed E-state index contributed by atoms with van der Waals surface area (Å²) < 4.78 is 11.0. The summed E-state index contributed by atoms with van der Waals surface area (Å²) in [5.41, 5.74) is 1.08. The quantitative estimate of drug-likeness (QED) is 0.263. The molecule has 0 radical (unpaired) electrons. The van der Waals surface area contributed by atoms with Crippen LogP contribution in [0.4, 0.5) is 0 Å². The van der Waals surface area contributed by atoms with Crippen LogP contribution >= 0.6 is 7.92 Å². The Morgan fingerprint density at radius 1 is 0.879 bits per heavy atom. The van der Waals surface area contributed by atoms with Gasteiger partial charge in [0.05, 0.1) is 18.1 Å². The lowest BCUT2D eigenvalue weighted by Gasteiger charge is -2.25. The highest BCUT2D eigenvalue weighted by Crippen LogP contribution is 2.34. The minimum absolute atomic E-state index is 0.265. The van der Waals surface area contributed by atoms with Crippen molar-refractivity contribution >= 4 is 35.8 Å². The zero-order valence-corrected chi connectivity index (χ0v) is 20.1. The van der Waals surface area contributed by atoms with Gasteiger partial charge in [0.15, 0.2) is 0 Å². The van der Waals surface area contributed by atoms with Crippen molar-refractivity contribution in [2.45, 2.75) is 26.9 Å². The molecule has 170 valence electrons. The van der Waals surface area contributed by atoms with Crippen LogP contribution in [-0.4, -0.2) is 24.6 Å². The summed E-state index contributed by atoms with van der Waals surface area (Å²) in [5.74, 6) is -1.54. The molecule has 0 aromatic heterocycles. The van der Waals surface area contributed by atoms with Gasteiger partial charge >= 0.3 is 11.9 Å². The Balaban J connectivity index is 2.01. The van der Waals surface area contributed by atoms with Crippen molar-refractivity contribution in [2.24, 2.45) is 5.92 Å². The van der Waals surface area contributed by atoms with Gasteiger partial charge in [-0.1, -0.05) is 85.4 Å². The van der Waals surface area contributed by atoms with E-state index in [9.17, 15) is 9.59 Å². The summed E-state index contributed by atoms with van der Waals surface area (Å²) in [6, 6.07) is 27.8. The molecule has 0 spiro atoms. The van der Waals surface area contributed by atoms with E-state index in [-0.39, 0.29) is 6.61 Å². The molecule has 0 saturated heterocycles. The Morgan fingerprint density at radius 2 is 1.39 bits per heavy atom. The van der Waals surface area contributed by atoms with Crippen molar-refractivity contribution in [2.75, 3.05) is 6.61 Å². The minimum atomic E-state index is -0.988. The maximum absolute atomic E-state index is 13.4. The fraction of sp³-hybridized carbons (Fsp3) is 0.214. The van der Waals surface area contributed by atoms with Gasteiger partial charge in [0, 0.05) is 0 Å². The monoisotopic (exact) mass is 460 g/mol. The van der Waals surface area contributed by atoms with E-state index >= 15 is 0 Å². The molecule has 0 aliphatic carbocycles. The van der Waals surface area contributed by atoms with Gasteiger partial charge in [-0.3, -0.25) is 4.79 Å². The van der Waals surface area contributed by atoms with E-state index in [1.807, 2.05) is 54.6 Å². The second kappa shape index (κ2) is 11.6. The average Bonchev–Trinajstić information content (AvgIpc) is 2.84. The van der Waals surface area contributed by atoms with E-state index in [0.29, 0.717) is 11.1 Å². The van der Waals surface area contributed by atoms with Crippen molar-refractivity contribution < 1.29 is 19.1 Å². The van der Waals surface area contributed by atoms with Gasteiger partial charge in [-0.25, -0.2) is 4.79 Å². The zero-order valence-electron chi connectivity index (χ0n) is 19.2. The fourth-order valence-electron chi connectivity index (χ4n) is 3.63. The predicted octanol–water partition coefficient (Wildman–Crippen LogP) is 4.75. The van der Waals surface area contributed by atoms with Gasteiger partial charge in [0.25, 0.3) is 0 Å². The van der Waals surface area contributed by atoms with E-state index in [0.717, 1.165) is 15.9 Å². The molecular formula is C28H29O4P. The van der Waals surface area contributed by atoms with Gasteiger partial charge in [-0.2, -0.15) is 0 Å². The van der Waals surface area contributed by atoms with Gasteiger partial charge in [-0.05, 0) is 56.2 Å². The van der Waals surface area contributed by atoms with E-state index in [1.165, 1.54) is 0 Å². The molecule has 2 atom stereocenters. The van der Waals surface area contributed by atoms with Crippen LogP contribution in [-0.2, 0) is 14.3 Å². The summed E-state index contributed by atoms with van der Waals surface area (Å²) in [7, 11) is -0.988. The molecule has 0 aliphatic rings. The molecule has 3 aromatic carbocycles. The number of hydrogen-bond acceptors (Lipinski definition) is 4. The third-order valence-corrected chi connectivity index (χ3v) is 7.73. The van der Waals surface area contributed by atoms with Crippen LogP contribution in [0.25, 0.3) is 0 Å². The molecule has 0 saturated carbocycles. The standard InChI is InChI=1S/C28H29O4P/c1-5-31-27(29)21(4)26(20(2)3)32-28(30)24-18-12-13-19-25(24)33(22-14-8-6-9-15-22)23-16-10-7-11-17-23/h6-19,21,26H,2,5H2,1,3-4H3. The van der Waals surface area contributed by atoms with Crippen LogP contribution < -0.4 is 15.9 Å². The van der Waals surface area contributed by atoms with Crippen LogP contribution in [0.3, 0.4) is 0 Å². The Hall–Kier alpha value is -3.23. The van der Waals surface area contributed by atoms with Gasteiger partial charge < -0.3 is 9.47 Å². The van der Waals surface area contributed by atoms with Gasteiger partial charge in [0.1, 0.15) is 6.10 Å². The van der Waals surface area contributed by atoms with Crippen LogP contribution in [0.5, 0.6) is 0 Å². The maximum atomic E-state index is 13.4. The summed E-state index contributed by atoms with van der Waals surface area (Å²) in [6.07, 6.45) is -0.774. The molecule has 4 nitrogen and oxygen atoms in total. The number of carbonyl (C=O) groups is 2. The predicted molar refractivity (Wildman–Crippen MR) is 135 cm³/mol. The number of benzene rings is 3. The molecule has 0 heterocycles. The summed E-state index contributed by atoms with van der Waals surface area (Å²) in [4.78, 5) is 25.7. The minimum Gasteiger partial charge on any atom is -0.466 e. The molecule has 3 rings (SSSR count). The van der Waals surface area contributed by atoms with E-state index in [4.69, 9.17) is 9.47 Å². The van der Waals surface area contributed by atoms with Crippen LogP contribution in [0.1, 0.15) is 31.1 Å². The maximum Gasteiger partial charge on any atom is 0.339 e. The first-order valence-corrected chi connectivity index (χ1v) is 12.3. The topological polar surface area (TPSA) is 52.6 Å². The van der Waals surface area contributed by atoms with Gasteiger partial charge in [-0.15, -0.1) is 0 Å². The molecule has 33 heavy (non-hydrogen) atoms. The zero-order chi connectivity index (χ0) is 23.8. The Labute approximate surface area is 197 Å². The Kier molecular flexibility index (Phi) is 8.57. The van der Waals surface area contributed by atoms with E-state index < -0.39 is 31.9 Å². The highest BCUT2D eigenvalue weighted by atomic mass is 31.1. The third kappa shape index (κ3) is 5.97. The second-order valence-corrected chi connectivity index (χ2v) is 9.92. The second-order valence-electron chi connectivity index (χ2n) is 7.74. The normalized spacial score (nSPS) is 12.6. The van der Waals surface area contributed by atoms with E-state index in [1.54, 1.807) is 26.8 Å². The SMILES string of the molecule is C=C(C)C(OC(=O)c1ccccc1P(c1ccccc1)c1ccccc1)C(C)C(=O)OCC. The highest BCUT2D eigenvalue weighted by Gasteiger charge is 2.31. The summed E-state index contributed by atoms with van der Waals surface area (Å²) in [5, 5.41) is 3.17. The summed E-state index contributed by atoms with van der Waals surface area (Å²) in [6.45, 7) is 9.39. The molecule has 0 fully saturated rings. The van der Waals surface area contributed by atoms with Crippen molar-refractivity contribution in [1.82, 2.24) is 0 Å². The number of rotatable bonds is 9. The number of hydrogen-bond donors (Lipinski definition) is 0. The first-order valence-electron chi connectivity index (χ1n) is 11.0. The molecule has 3 aromatic rings. The first kappa shape index (κ1) is 24.4. The molecule has 0 N–H and O–H groups in total. The third-order valence-electron chi connectivity index (χ3n) is 5.23. The van der Waals surface area contributed by atoms with Crippen molar-refractivity contribution in [3.63, 3.8) is 0 Å². The van der Waals surface area contributed by atoms with Crippen molar-refractivity contribution in [1.29, 1.82) is 0 Å². The smallest absolute Gasteiger partial charge is 0.339 e. The molecule has 0 bridgehead atoms. The fourth-order valence-corrected chi connectivity index (χ4v) is 6.07. The largest absolute Gasteiger partial charge is 0.466 e. The first-order chi connectivity index (χ1) is 15.9.